The number of hydrogen-bond donors (Lipinski definition) is 1. The molecule has 0 aliphatic heterocycles. The van der Waals surface area contributed by atoms with Crippen LogP contribution in [0.4, 0.5) is 0 Å². The zero-order chi connectivity index (χ0) is 15.2. The second-order valence-corrected chi connectivity index (χ2v) is 6.95. The molecule has 0 unspecified atom stereocenters. The van der Waals surface area contributed by atoms with E-state index in [0.717, 1.165) is 22.3 Å². The molecule has 2 aromatic rings. The largest absolute Gasteiger partial charge is 0.355 e. The number of nitrogens with one attached hydrogen (secondary N) is 1. The maximum absolute atomic E-state index is 12.0. The van der Waals surface area contributed by atoms with Gasteiger partial charge >= 0.3 is 0 Å². The predicted octanol–water partition coefficient (Wildman–Crippen LogP) is 4.02. The molecule has 1 aromatic heterocycles. The van der Waals surface area contributed by atoms with E-state index in [1.54, 1.807) is 18.0 Å². The third-order valence-corrected chi connectivity index (χ3v) is 5.31. The number of carbonyl (C=O) groups excluding carboxylic acids is 1. The lowest BCUT2D eigenvalue weighted by atomic mass is 9.89. The Morgan fingerprint density at radius 1 is 1.18 bits per heavy atom. The van der Waals surface area contributed by atoms with Crippen LogP contribution in [-0.2, 0) is 4.79 Å². The Bertz CT molecular complexity index is 633. The lowest BCUT2D eigenvalue weighted by molar-refractivity contribution is -0.118. The molecule has 1 fully saturated rings. The summed E-state index contributed by atoms with van der Waals surface area (Å²) >= 11 is 1.57. The third kappa shape index (κ3) is 4.01. The maximum atomic E-state index is 12.0. The fourth-order valence-corrected chi connectivity index (χ4v) is 3.91. The molecule has 0 spiro atoms. The topological polar surface area (TPSA) is 42.0 Å². The molecule has 1 aliphatic rings. The van der Waals surface area contributed by atoms with Crippen molar-refractivity contribution in [2.24, 2.45) is 5.92 Å². The monoisotopic (exact) mass is 314 g/mol. The molecule has 0 atom stereocenters. The van der Waals surface area contributed by atoms with E-state index in [2.05, 4.69) is 22.4 Å². The van der Waals surface area contributed by atoms with Crippen molar-refractivity contribution in [3.8, 4) is 0 Å². The molecular formula is C18H22N2OS. The highest BCUT2D eigenvalue weighted by Crippen LogP contribution is 2.26. The number of aromatic nitrogens is 1. The minimum atomic E-state index is 0.128. The molecule has 3 nitrogen and oxygen atoms in total. The van der Waals surface area contributed by atoms with Crippen LogP contribution in [0, 0.1) is 5.92 Å². The van der Waals surface area contributed by atoms with Gasteiger partial charge in [-0.15, -0.1) is 11.8 Å². The van der Waals surface area contributed by atoms with Crippen LogP contribution in [0.2, 0.25) is 0 Å². The molecule has 22 heavy (non-hydrogen) atoms. The van der Waals surface area contributed by atoms with E-state index >= 15 is 0 Å². The van der Waals surface area contributed by atoms with Crippen molar-refractivity contribution >= 4 is 28.6 Å². The number of rotatable bonds is 5. The fraction of sp³-hybridized carbons (Fsp3) is 0.444. The SMILES string of the molecule is O=C(CSc1cccc2cccnc12)NCC1CCCCC1. The van der Waals surface area contributed by atoms with Crippen molar-refractivity contribution in [2.45, 2.75) is 37.0 Å². The first-order valence-corrected chi connectivity index (χ1v) is 9.05. The van der Waals surface area contributed by atoms with Crippen LogP contribution in [0.15, 0.2) is 41.4 Å². The van der Waals surface area contributed by atoms with Gasteiger partial charge in [0.15, 0.2) is 0 Å². The van der Waals surface area contributed by atoms with Crippen LogP contribution < -0.4 is 5.32 Å². The Balaban J connectivity index is 1.51. The van der Waals surface area contributed by atoms with Crippen molar-refractivity contribution in [3.05, 3.63) is 36.5 Å². The highest BCUT2D eigenvalue weighted by atomic mass is 32.2. The summed E-state index contributed by atoms with van der Waals surface area (Å²) in [5.74, 6) is 1.27. The summed E-state index contributed by atoms with van der Waals surface area (Å²) in [6, 6.07) is 10.1. The van der Waals surface area contributed by atoms with Gasteiger partial charge in [0.05, 0.1) is 11.3 Å². The number of nitrogens with zero attached hydrogens (tertiary/aromatic N) is 1. The smallest absolute Gasteiger partial charge is 0.230 e. The zero-order valence-corrected chi connectivity index (χ0v) is 13.6. The average molecular weight is 314 g/mol. The van der Waals surface area contributed by atoms with Crippen LogP contribution >= 0.6 is 11.8 Å². The minimum Gasteiger partial charge on any atom is -0.355 e. The number of thioether (sulfide) groups is 1. The summed E-state index contributed by atoms with van der Waals surface area (Å²) in [7, 11) is 0. The molecule has 1 heterocycles. The number of para-hydroxylation sites is 1. The van der Waals surface area contributed by atoms with Crippen LogP contribution in [0.3, 0.4) is 0 Å². The number of pyridine rings is 1. The molecule has 1 aromatic carbocycles. The second kappa shape index (κ2) is 7.63. The lowest BCUT2D eigenvalue weighted by Gasteiger charge is -2.21. The molecule has 1 N–H and O–H groups in total. The number of benzene rings is 1. The first kappa shape index (κ1) is 15.3. The molecule has 1 amide bonds. The highest BCUT2D eigenvalue weighted by molar-refractivity contribution is 8.00. The molecule has 0 saturated heterocycles. The minimum absolute atomic E-state index is 0.128. The van der Waals surface area contributed by atoms with E-state index in [1.165, 1.54) is 32.1 Å². The van der Waals surface area contributed by atoms with E-state index in [0.29, 0.717) is 11.7 Å². The first-order valence-electron chi connectivity index (χ1n) is 8.06. The van der Waals surface area contributed by atoms with Crippen LogP contribution in [-0.4, -0.2) is 23.2 Å². The molecule has 116 valence electrons. The van der Waals surface area contributed by atoms with Gasteiger partial charge in [0.25, 0.3) is 0 Å². The number of carbonyl (C=O) groups is 1. The van der Waals surface area contributed by atoms with Gasteiger partial charge in [-0.3, -0.25) is 9.78 Å². The van der Waals surface area contributed by atoms with Gasteiger partial charge in [-0.05, 0) is 30.9 Å². The zero-order valence-electron chi connectivity index (χ0n) is 12.8. The summed E-state index contributed by atoms with van der Waals surface area (Å²) in [4.78, 5) is 17.5. The first-order chi connectivity index (χ1) is 10.8. The van der Waals surface area contributed by atoms with E-state index in [4.69, 9.17) is 0 Å². The standard InChI is InChI=1S/C18H22N2OS/c21-17(20-12-14-6-2-1-3-7-14)13-22-16-10-4-8-15-9-5-11-19-18(15)16/h4-5,8-11,14H,1-3,6-7,12-13H2,(H,20,21). The van der Waals surface area contributed by atoms with Gasteiger partial charge in [-0.1, -0.05) is 37.5 Å². The summed E-state index contributed by atoms with van der Waals surface area (Å²) in [6.07, 6.45) is 8.32. The Morgan fingerprint density at radius 3 is 2.86 bits per heavy atom. The molecule has 0 bridgehead atoms. The van der Waals surface area contributed by atoms with E-state index in [1.807, 2.05) is 18.2 Å². The molecule has 1 aliphatic carbocycles. The van der Waals surface area contributed by atoms with E-state index in [9.17, 15) is 4.79 Å². The fourth-order valence-electron chi connectivity index (χ4n) is 3.04. The normalized spacial score (nSPS) is 15.8. The quantitative estimate of drug-likeness (QED) is 0.847. The van der Waals surface area contributed by atoms with E-state index in [-0.39, 0.29) is 5.91 Å². The van der Waals surface area contributed by atoms with Crippen molar-refractivity contribution < 1.29 is 4.79 Å². The summed E-state index contributed by atoms with van der Waals surface area (Å²) in [5.41, 5.74) is 0.982. The summed E-state index contributed by atoms with van der Waals surface area (Å²) in [6.45, 7) is 0.840. The number of hydrogen-bond acceptors (Lipinski definition) is 3. The molecular weight excluding hydrogens is 292 g/mol. The Labute approximate surface area is 135 Å². The van der Waals surface area contributed by atoms with Crippen LogP contribution in [0.5, 0.6) is 0 Å². The number of amides is 1. The van der Waals surface area contributed by atoms with Crippen molar-refractivity contribution in [1.29, 1.82) is 0 Å². The van der Waals surface area contributed by atoms with Crippen LogP contribution in [0.1, 0.15) is 32.1 Å². The predicted molar refractivity (Wildman–Crippen MR) is 92.1 cm³/mol. The van der Waals surface area contributed by atoms with Gasteiger partial charge in [0.1, 0.15) is 0 Å². The van der Waals surface area contributed by atoms with Gasteiger partial charge in [-0.25, -0.2) is 0 Å². The molecule has 4 heteroatoms. The molecule has 3 rings (SSSR count). The number of fused-ring (bicyclic) bond motifs is 1. The Morgan fingerprint density at radius 2 is 2.00 bits per heavy atom. The van der Waals surface area contributed by atoms with Gasteiger partial charge in [-0.2, -0.15) is 0 Å². The van der Waals surface area contributed by atoms with Gasteiger partial charge < -0.3 is 5.32 Å². The molecule has 1 saturated carbocycles. The average Bonchev–Trinajstić information content (AvgIpc) is 2.59. The maximum Gasteiger partial charge on any atom is 0.230 e. The van der Waals surface area contributed by atoms with Crippen molar-refractivity contribution in [3.63, 3.8) is 0 Å². The van der Waals surface area contributed by atoms with Crippen LogP contribution in [0.25, 0.3) is 10.9 Å². The van der Waals surface area contributed by atoms with Crippen molar-refractivity contribution in [1.82, 2.24) is 10.3 Å². The molecule has 0 radical (unpaired) electrons. The van der Waals surface area contributed by atoms with Crippen molar-refractivity contribution in [2.75, 3.05) is 12.3 Å². The van der Waals surface area contributed by atoms with Gasteiger partial charge in [0.2, 0.25) is 5.91 Å². The lowest BCUT2D eigenvalue weighted by Crippen LogP contribution is -2.31. The highest BCUT2D eigenvalue weighted by Gasteiger charge is 2.14. The van der Waals surface area contributed by atoms with E-state index < -0.39 is 0 Å². The third-order valence-electron chi connectivity index (χ3n) is 4.27. The van der Waals surface area contributed by atoms with Gasteiger partial charge in [0, 0.05) is 23.0 Å². The second-order valence-electron chi connectivity index (χ2n) is 5.93. The summed E-state index contributed by atoms with van der Waals surface area (Å²) < 4.78 is 0. The Kier molecular flexibility index (Phi) is 5.33. The Hall–Kier alpha value is -1.55. The summed E-state index contributed by atoms with van der Waals surface area (Å²) in [5, 5.41) is 4.21.